The first-order chi connectivity index (χ1) is 9.08. The van der Waals surface area contributed by atoms with Gasteiger partial charge >= 0.3 is 0 Å². The number of nitro benzene ring substituents is 1. The van der Waals surface area contributed by atoms with Crippen molar-refractivity contribution in [1.29, 1.82) is 0 Å². The second-order valence-corrected chi connectivity index (χ2v) is 3.85. The molecule has 2 rings (SSSR count). The lowest BCUT2D eigenvalue weighted by Crippen LogP contribution is -2.03. The van der Waals surface area contributed by atoms with Crippen LogP contribution in [0.1, 0.15) is 5.56 Å². The van der Waals surface area contributed by atoms with Crippen LogP contribution in [0, 0.1) is 15.9 Å². The minimum Gasteiger partial charge on any atom is -0.489 e. The van der Waals surface area contributed by atoms with E-state index in [1.807, 2.05) is 0 Å². The fourth-order valence-corrected chi connectivity index (χ4v) is 1.60. The van der Waals surface area contributed by atoms with Gasteiger partial charge in [-0.2, -0.15) is 0 Å². The molecule has 0 saturated carbocycles. The maximum Gasteiger partial charge on any atom is 0.292 e. The Labute approximate surface area is 108 Å². The largest absolute Gasteiger partial charge is 0.489 e. The Balaban J connectivity index is 2.16. The first kappa shape index (κ1) is 12.8. The number of ether oxygens (including phenoxy) is 1. The highest BCUT2D eigenvalue weighted by atomic mass is 19.1. The third kappa shape index (κ3) is 2.98. The molecule has 0 aromatic heterocycles. The number of nitro groups is 1. The van der Waals surface area contributed by atoms with Crippen LogP contribution in [0.25, 0.3) is 0 Å². The summed E-state index contributed by atoms with van der Waals surface area (Å²) in [5.74, 6) is -0.0737. The normalized spacial score (nSPS) is 10.2. The third-order valence-corrected chi connectivity index (χ3v) is 2.56. The van der Waals surface area contributed by atoms with E-state index in [-0.39, 0.29) is 18.0 Å². The molecule has 0 radical (unpaired) electrons. The summed E-state index contributed by atoms with van der Waals surface area (Å²) in [7, 11) is 0. The lowest BCUT2D eigenvalue weighted by atomic mass is 10.1. The Morgan fingerprint density at radius 2 is 2.00 bits per heavy atom. The van der Waals surface area contributed by atoms with E-state index < -0.39 is 10.7 Å². The van der Waals surface area contributed by atoms with E-state index >= 15 is 0 Å². The third-order valence-electron chi connectivity index (χ3n) is 2.56. The Kier molecular flexibility index (Phi) is 3.61. The summed E-state index contributed by atoms with van der Waals surface area (Å²) in [6.07, 6.45) is 0. The first-order valence-corrected chi connectivity index (χ1v) is 5.48. The van der Waals surface area contributed by atoms with E-state index in [0.717, 1.165) is 0 Å². The molecule has 2 aromatic rings. The van der Waals surface area contributed by atoms with Crippen LogP contribution in [0.5, 0.6) is 5.75 Å². The van der Waals surface area contributed by atoms with E-state index in [2.05, 4.69) is 0 Å². The SMILES string of the molecule is Nc1c(COc2cccc(F)c2)cccc1[N+](=O)[O-]. The molecule has 0 saturated heterocycles. The molecule has 5 nitrogen and oxygen atoms in total. The number of benzene rings is 2. The van der Waals surface area contributed by atoms with Crippen molar-refractivity contribution in [3.05, 3.63) is 64.0 Å². The van der Waals surface area contributed by atoms with Gasteiger partial charge in [0.25, 0.3) is 5.69 Å². The average Bonchev–Trinajstić information content (AvgIpc) is 2.37. The number of nitrogen functional groups attached to an aromatic ring is 1. The summed E-state index contributed by atoms with van der Waals surface area (Å²) in [5, 5.41) is 10.7. The van der Waals surface area contributed by atoms with E-state index in [1.54, 1.807) is 12.1 Å². The summed E-state index contributed by atoms with van der Waals surface area (Å²) < 4.78 is 18.3. The molecule has 0 fully saturated rings. The van der Waals surface area contributed by atoms with Gasteiger partial charge in [0.15, 0.2) is 0 Å². The lowest BCUT2D eigenvalue weighted by molar-refractivity contribution is -0.384. The fourth-order valence-electron chi connectivity index (χ4n) is 1.60. The number of nitrogens with two attached hydrogens (primary N) is 1. The van der Waals surface area contributed by atoms with E-state index in [0.29, 0.717) is 11.3 Å². The molecule has 0 aliphatic carbocycles. The number of hydrogen-bond acceptors (Lipinski definition) is 4. The summed E-state index contributed by atoms with van der Waals surface area (Å²) >= 11 is 0. The van der Waals surface area contributed by atoms with Crippen LogP contribution in [0.2, 0.25) is 0 Å². The van der Waals surface area contributed by atoms with Crippen LogP contribution in [0.4, 0.5) is 15.8 Å². The Morgan fingerprint density at radius 1 is 1.26 bits per heavy atom. The average molecular weight is 262 g/mol. The van der Waals surface area contributed by atoms with Crippen molar-refractivity contribution in [2.45, 2.75) is 6.61 Å². The van der Waals surface area contributed by atoms with Gasteiger partial charge in [0.05, 0.1) is 4.92 Å². The van der Waals surface area contributed by atoms with E-state index in [4.69, 9.17) is 10.5 Å². The van der Waals surface area contributed by atoms with Gasteiger partial charge in [0.1, 0.15) is 23.9 Å². The summed E-state index contributed by atoms with van der Waals surface area (Å²) in [5.41, 5.74) is 6.06. The van der Waals surface area contributed by atoms with Gasteiger partial charge in [0, 0.05) is 17.7 Å². The number of anilines is 1. The molecule has 98 valence electrons. The molecule has 0 heterocycles. The fraction of sp³-hybridized carbons (Fsp3) is 0.0769. The zero-order valence-corrected chi connectivity index (χ0v) is 9.88. The van der Waals surface area contributed by atoms with E-state index in [9.17, 15) is 14.5 Å². The zero-order valence-electron chi connectivity index (χ0n) is 9.88. The van der Waals surface area contributed by atoms with Gasteiger partial charge in [-0.25, -0.2) is 4.39 Å². The van der Waals surface area contributed by atoms with Gasteiger partial charge in [-0.05, 0) is 12.1 Å². The summed E-state index contributed by atoms with van der Waals surface area (Å²) in [6.45, 7) is 0.0387. The molecule has 0 amide bonds. The minimum absolute atomic E-state index is 0.0387. The minimum atomic E-state index is -0.555. The van der Waals surface area contributed by atoms with Crippen molar-refractivity contribution >= 4 is 11.4 Å². The molecule has 0 atom stereocenters. The van der Waals surface area contributed by atoms with Gasteiger partial charge in [-0.15, -0.1) is 0 Å². The molecule has 6 heteroatoms. The standard InChI is InChI=1S/C13H11FN2O3/c14-10-4-2-5-11(7-10)19-8-9-3-1-6-12(13(9)15)16(17)18/h1-7H,8,15H2. The second kappa shape index (κ2) is 5.34. The predicted octanol–water partition coefficient (Wildman–Crippen LogP) is 2.90. The number of hydrogen-bond donors (Lipinski definition) is 1. The van der Waals surface area contributed by atoms with Crippen LogP contribution in [-0.4, -0.2) is 4.92 Å². The number of nitrogens with zero attached hydrogens (tertiary/aromatic N) is 1. The molecule has 0 bridgehead atoms. The molecule has 0 aliphatic rings. The maximum absolute atomic E-state index is 12.9. The smallest absolute Gasteiger partial charge is 0.292 e. The Hall–Kier alpha value is -2.63. The van der Waals surface area contributed by atoms with Gasteiger partial charge < -0.3 is 10.5 Å². The Bertz CT molecular complexity index is 617. The summed E-state index contributed by atoms with van der Waals surface area (Å²) in [4.78, 5) is 10.2. The van der Waals surface area contributed by atoms with Gasteiger partial charge in [0.2, 0.25) is 0 Å². The first-order valence-electron chi connectivity index (χ1n) is 5.48. The maximum atomic E-state index is 12.9. The quantitative estimate of drug-likeness (QED) is 0.522. The molecule has 2 aromatic carbocycles. The van der Waals surface area contributed by atoms with Crippen molar-refractivity contribution in [3.63, 3.8) is 0 Å². The number of rotatable bonds is 4. The van der Waals surface area contributed by atoms with E-state index in [1.165, 1.54) is 30.3 Å². The van der Waals surface area contributed by atoms with Crippen molar-refractivity contribution in [1.82, 2.24) is 0 Å². The Morgan fingerprint density at radius 3 is 2.68 bits per heavy atom. The molecule has 2 N–H and O–H groups in total. The highest BCUT2D eigenvalue weighted by molar-refractivity contribution is 5.62. The van der Waals surface area contributed by atoms with Gasteiger partial charge in [-0.1, -0.05) is 18.2 Å². The lowest BCUT2D eigenvalue weighted by Gasteiger charge is -2.08. The van der Waals surface area contributed by atoms with Crippen LogP contribution >= 0.6 is 0 Å². The molecule has 0 spiro atoms. The van der Waals surface area contributed by atoms with Crippen LogP contribution in [-0.2, 0) is 6.61 Å². The van der Waals surface area contributed by atoms with Crippen molar-refractivity contribution in [2.75, 3.05) is 5.73 Å². The highest BCUT2D eigenvalue weighted by Gasteiger charge is 2.14. The molecule has 0 unspecified atom stereocenters. The molecular weight excluding hydrogens is 251 g/mol. The van der Waals surface area contributed by atoms with Crippen LogP contribution in [0.15, 0.2) is 42.5 Å². The predicted molar refractivity (Wildman–Crippen MR) is 68.2 cm³/mol. The monoisotopic (exact) mass is 262 g/mol. The number of para-hydroxylation sites is 1. The molecule has 19 heavy (non-hydrogen) atoms. The van der Waals surface area contributed by atoms with Gasteiger partial charge in [-0.3, -0.25) is 10.1 Å². The second-order valence-electron chi connectivity index (χ2n) is 3.85. The van der Waals surface area contributed by atoms with Crippen LogP contribution < -0.4 is 10.5 Å². The molecule has 0 aliphatic heterocycles. The summed E-state index contributed by atoms with van der Waals surface area (Å²) in [6, 6.07) is 10.1. The van der Waals surface area contributed by atoms with Crippen molar-refractivity contribution in [2.24, 2.45) is 0 Å². The molecular formula is C13H11FN2O3. The highest BCUT2D eigenvalue weighted by Crippen LogP contribution is 2.26. The van der Waals surface area contributed by atoms with Crippen molar-refractivity contribution < 1.29 is 14.1 Å². The van der Waals surface area contributed by atoms with Crippen LogP contribution in [0.3, 0.4) is 0 Å². The topological polar surface area (TPSA) is 78.4 Å². The number of halogens is 1. The van der Waals surface area contributed by atoms with Crippen molar-refractivity contribution in [3.8, 4) is 5.75 Å². The zero-order chi connectivity index (χ0) is 13.8.